The third-order valence-electron chi connectivity index (χ3n) is 5.62. The zero-order valence-electron chi connectivity index (χ0n) is 15.2. The lowest BCUT2D eigenvalue weighted by molar-refractivity contribution is 0.0743. The van der Waals surface area contributed by atoms with E-state index in [1.807, 2.05) is 17.0 Å². The summed E-state index contributed by atoms with van der Waals surface area (Å²) in [5, 5.41) is 0. The van der Waals surface area contributed by atoms with Crippen LogP contribution < -0.4 is 0 Å². The Balaban J connectivity index is 1.26. The summed E-state index contributed by atoms with van der Waals surface area (Å²) in [6.45, 7) is 6.81. The molecule has 0 N–H and O–H groups in total. The van der Waals surface area contributed by atoms with E-state index in [2.05, 4.69) is 9.80 Å². The molecule has 2 aliphatic heterocycles. The molecule has 0 atom stereocenters. The summed E-state index contributed by atoms with van der Waals surface area (Å²) >= 11 is 0. The quantitative estimate of drug-likeness (QED) is 0.842. The molecule has 6 heteroatoms. The molecule has 0 radical (unpaired) electrons. The lowest BCUT2D eigenvalue weighted by Crippen LogP contribution is -2.46. The molecule has 0 aromatic carbocycles. The summed E-state index contributed by atoms with van der Waals surface area (Å²) in [5.74, 6) is 1.14. The minimum atomic E-state index is 0.0915. The fraction of sp³-hybridized carbons (Fsp3) is 0.550. The van der Waals surface area contributed by atoms with E-state index in [9.17, 15) is 4.79 Å². The van der Waals surface area contributed by atoms with Crippen molar-refractivity contribution in [2.24, 2.45) is 0 Å². The second-order valence-electron chi connectivity index (χ2n) is 7.28. The molecule has 2 fully saturated rings. The summed E-state index contributed by atoms with van der Waals surface area (Å²) in [6.07, 6.45) is 8.27. The summed E-state index contributed by atoms with van der Waals surface area (Å²) in [6, 6.07) is 6.38. The topological polar surface area (TPSA) is 53.1 Å². The molecule has 2 aliphatic rings. The highest BCUT2D eigenvalue weighted by atomic mass is 16.3. The molecule has 0 unspecified atom stereocenters. The van der Waals surface area contributed by atoms with Gasteiger partial charge in [0.2, 0.25) is 0 Å². The normalized spacial score (nSPS) is 21.0. The van der Waals surface area contributed by atoms with Crippen molar-refractivity contribution in [3.05, 3.63) is 48.3 Å². The predicted octanol–water partition coefficient (Wildman–Crippen LogP) is 2.69. The van der Waals surface area contributed by atoms with E-state index >= 15 is 0 Å². The van der Waals surface area contributed by atoms with Gasteiger partial charge in [0.15, 0.2) is 0 Å². The first-order chi connectivity index (χ1) is 12.8. The predicted molar refractivity (Wildman–Crippen MR) is 97.8 cm³/mol. The van der Waals surface area contributed by atoms with Crippen LogP contribution in [0.3, 0.4) is 0 Å². The molecule has 2 aromatic heterocycles. The van der Waals surface area contributed by atoms with Crippen LogP contribution in [-0.2, 0) is 6.54 Å². The molecule has 0 aliphatic carbocycles. The SMILES string of the molecule is O=C(c1ccoc1)N1CCCN(C2CCN(Cc3ccco3)CC2)CC1. The van der Waals surface area contributed by atoms with E-state index in [0.717, 1.165) is 58.0 Å². The van der Waals surface area contributed by atoms with Gasteiger partial charge >= 0.3 is 0 Å². The van der Waals surface area contributed by atoms with Crippen LogP contribution in [0.15, 0.2) is 45.8 Å². The van der Waals surface area contributed by atoms with Gasteiger partial charge in [0.1, 0.15) is 12.0 Å². The number of likely N-dealkylation sites (tertiary alicyclic amines) is 1. The molecule has 4 rings (SSSR count). The number of hydrogen-bond acceptors (Lipinski definition) is 5. The average Bonchev–Trinajstić information content (AvgIpc) is 3.32. The standard InChI is InChI=1S/C20H27N3O3/c24-20(17-6-14-25-16-17)23-8-2-7-22(11-12-23)18-4-9-21(10-5-18)15-19-3-1-13-26-19/h1,3,6,13-14,16,18H,2,4-5,7-12,15H2. The second-order valence-corrected chi connectivity index (χ2v) is 7.28. The zero-order valence-corrected chi connectivity index (χ0v) is 15.2. The Morgan fingerprint density at radius 3 is 2.65 bits per heavy atom. The molecule has 0 bridgehead atoms. The molecule has 26 heavy (non-hydrogen) atoms. The van der Waals surface area contributed by atoms with Crippen molar-refractivity contribution in [1.82, 2.24) is 14.7 Å². The Labute approximate surface area is 154 Å². The number of carbonyl (C=O) groups excluding carboxylic acids is 1. The summed E-state index contributed by atoms with van der Waals surface area (Å²) in [4.78, 5) is 19.6. The van der Waals surface area contributed by atoms with Gasteiger partial charge in [0.05, 0.1) is 24.6 Å². The number of carbonyl (C=O) groups is 1. The molecule has 140 valence electrons. The minimum absolute atomic E-state index is 0.0915. The maximum absolute atomic E-state index is 12.5. The Morgan fingerprint density at radius 1 is 1.04 bits per heavy atom. The molecule has 2 aromatic rings. The smallest absolute Gasteiger partial charge is 0.257 e. The molecule has 4 heterocycles. The molecule has 2 saturated heterocycles. The summed E-state index contributed by atoms with van der Waals surface area (Å²) < 4.78 is 10.5. The van der Waals surface area contributed by atoms with Crippen molar-refractivity contribution in [1.29, 1.82) is 0 Å². The Bertz CT molecular complexity index is 675. The Morgan fingerprint density at radius 2 is 1.92 bits per heavy atom. The average molecular weight is 357 g/mol. The monoisotopic (exact) mass is 357 g/mol. The van der Waals surface area contributed by atoms with Gasteiger partial charge in [-0.2, -0.15) is 0 Å². The number of nitrogens with zero attached hydrogens (tertiary/aromatic N) is 3. The van der Waals surface area contributed by atoms with Gasteiger partial charge in [-0.3, -0.25) is 14.6 Å². The van der Waals surface area contributed by atoms with Crippen molar-refractivity contribution < 1.29 is 13.6 Å². The van der Waals surface area contributed by atoms with Crippen molar-refractivity contribution >= 4 is 5.91 Å². The molecular formula is C20H27N3O3. The van der Waals surface area contributed by atoms with E-state index in [-0.39, 0.29) is 5.91 Å². The Kier molecular flexibility index (Phi) is 5.41. The molecule has 0 saturated carbocycles. The molecule has 0 spiro atoms. The highest BCUT2D eigenvalue weighted by Crippen LogP contribution is 2.20. The highest BCUT2D eigenvalue weighted by Gasteiger charge is 2.28. The van der Waals surface area contributed by atoms with E-state index in [0.29, 0.717) is 11.6 Å². The van der Waals surface area contributed by atoms with E-state index in [4.69, 9.17) is 8.83 Å². The maximum Gasteiger partial charge on any atom is 0.257 e. The van der Waals surface area contributed by atoms with Crippen LogP contribution in [0.4, 0.5) is 0 Å². The van der Waals surface area contributed by atoms with Crippen LogP contribution in [0.2, 0.25) is 0 Å². The van der Waals surface area contributed by atoms with Crippen LogP contribution in [0.25, 0.3) is 0 Å². The van der Waals surface area contributed by atoms with Crippen LogP contribution in [0, 0.1) is 0 Å². The van der Waals surface area contributed by atoms with Gasteiger partial charge in [-0.1, -0.05) is 0 Å². The van der Waals surface area contributed by atoms with E-state index < -0.39 is 0 Å². The van der Waals surface area contributed by atoms with Gasteiger partial charge in [0.25, 0.3) is 5.91 Å². The van der Waals surface area contributed by atoms with Crippen LogP contribution in [-0.4, -0.2) is 65.9 Å². The second kappa shape index (κ2) is 8.10. The largest absolute Gasteiger partial charge is 0.472 e. The first-order valence-corrected chi connectivity index (χ1v) is 9.60. The number of furan rings is 2. The highest BCUT2D eigenvalue weighted by molar-refractivity contribution is 5.93. The fourth-order valence-corrected chi connectivity index (χ4v) is 4.14. The molecule has 1 amide bonds. The fourth-order valence-electron chi connectivity index (χ4n) is 4.14. The van der Waals surface area contributed by atoms with Crippen LogP contribution in [0.5, 0.6) is 0 Å². The first kappa shape index (κ1) is 17.4. The van der Waals surface area contributed by atoms with E-state index in [1.54, 1.807) is 24.9 Å². The summed E-state index contributed by atoms with van der Waals surface area (Å²) in [7, 11) is 0. The van der Waals surface area contributed by atoms with Crippen molar-refractivity contribution in [3.8, 4) is 0 Å². The van der Waals surface area contributed by atoms with Crippen LogP contribution >= 0.6 is 0 Å². The Hall–Kier alpha value is -2.05. The number of rotatable bonds is 4. The first-order valence-electron chi connectivity index (χ1n) is 9.60. The lowest BCUT2D eigenvalue weighted by atomic mass is 10.0. The summed E-state index contributed by atoms with van der Waals surface area (Å²) in [5.41, 5.74) is 0.657. The van der Waals surface area contributed by atoms with Gasteiger partial charge in [-0.05, 0) is 37.5 Å². The molecular weight excluding hydrogens is 330 g/mol. The molecule has 6 nitrogen and oxygen atoms in total. The zero-order chi connectivity index (χ0) is 17.8. The maximum atomic E-state index is 12.5. The van der Waals surface area contributed by atoms with Crippen molar-refractivity contribution in [2.45, 2.75) is 31.8 Å². The lowest BCUT2D eigenvalue weighted by Gasteiger charge is -2.37. The third-order valence-corrected chi connectivity index (χ3v) is 5.62. The van der Waals surface area contributed by atoms with Crippen molar-refractivity contribution in [3.63, 3.8) is 0 Å². The van der Waals surface area contributed by atoms with Crippen molar-refractivity contribution in [2.75, 3.05) is 39.3 Å². The number of amides is 1. The van der Waals surface area contributed by atoms with Crippen LogP contribution in [0.1, 0.15) is 35.4 Å². The number of piperidine rings is 1. The van der Waals surface area contributed by atoms with E-state index in [1.165, 1.54) is 12.8 Å². The van der Waals surface area contributed by atoms with Gasteiger partial charge in [-0.25, -0.2) is 0 Å². The third kappa shape index (κ3) is 4.02. The number of hydrogen-bond donors (Lipinski definition) is 0. The van der Waals surface area contributed by atoms with Gasteiger partial charge in [-0.15, -0.1) is 0 Å². The van der Waals surface area contributed by atoms with Gasteiger partial charge in [0, 0.05) is 45.3 Å². The van der Waals surface area contributed by atoms with Gasteiger partial charge < -0.3 is 13.7 Å². The minimum Gasteiger partial charge on any atom is -0.472 e.